The van der Waals surface area contributed by atoms with Gasteiger partial charge in [0.15, 0.2) is 0 Å². The quantitative estimate of drug-likeness (QED) is 0.102. The molecule has 0 radical (unpaired) electrons. The summed E-state index contributed by atoms with van der Waals surface area (Å²) in [6, 6.07) is 0. The van der Waals surface area contributed by atoms with E-state index in [9.17, 15) is 9.59 Å². The van der Waals surface area contributed by atoms with Crippen molar-refractivity contribution in [3.05, 3.63) is 0 Å². The Morgan fingerprint density at radius 1 is 0.615 bits per heavy atom. The number of carbonyl (C=O) groups is 2. The largest absolute Gasteiger partial charge is 0.346 e. The highest BCUT2D eigenvalue weighted by molar-refractivity contribution is 5.76. The van der Waals surface area contributed by atoms with E-state index in [1.165, 1.54) is 83.7 Å². The molecule has 0 bridgehead atoms. The molecule has 39 heavy (non-hydrogen) atoms. The third kappa shape index (κ3) is 18.8. The first-order valence-electron chi connectivity index (χ1n) is 17.3. The predicted molar refractivity (Wildman–Crippen MR) is 168 cm³/mol. The Morgan fingerprint density at radius 2 is 1.18 bits per heavy atom. The second-order valence-electron chi connectivity index (χ2n) is 12.4. The van der Waals surface area contributed by atoms with E-state index in [0.29, 0.717) is 24.7 Å². The molecule has 2 amide bonds. The van der Waals surface area contributed by atoms with Crippen LogP contribution in [0.15, 0.2) is 0 Å². The number of unbranched alkanes of at least 4 members (excludes halogenated alkanes) is 9. The van der Waals surface area contributed by atoms with Crippen LogP contribution in [0.5, 0.6) is 0 Å². The van der Waals surface area contributed by atoms with E-state index in [0.717, 1.165) is 83.5 Å². The van der Waals surface area contributed by atoms with Gasteiger partial charge in [-0.15, -0.1) is 0 Å². The Kier molecular flexibility index (Phi) is 22.7. The van der Waals surface area contributed by atoms with Gasteiger partial charge < -0.3 is 14.7 Å². The SMILES string of the molecule is CCCCCC(CCCCC)CCCN(C)C(=O)CCCCCCCN(CCCC)C(=O)CCN1CCCC1. The zero-order valence-corrected chi connectivity index (χ0v) is 26.8. The van der Waals surface area contributed by atoms with Crippen LogP contribution in [0.1, 0.15) is 156 Å². The van der Waals surface area contributed by atoms with Crippen molar-refractivity contribution in [1.82, 2.24) is 14.7 Å². The van der Waals surface area contributed by atoms with Gasteiger partial charge in [0.2, 0.25) is 11.8 Å². The van der Waals surface area contributed by atoms with Crippen molar-refractivity contribution < 1.29 is 9.59 Å². The van der Waals surface area contributed by atoms with Gasteiger partial charge in [0.25, 0.3) is 0 Å². The van der Waals surface area contributed by atoms with Gasteiger partial charge in [0, 0.05) is 46.1 Å². The third-order valence-electron chi connectivity index (χ3n) is 8.76. The van der Waals surface area contributed by atoms with Crippen LogP contribution in [-0.4, -0.2) is 72.8 Å². The van der Waals surface area contributed by atoms with E-state index in [2.05, 4.69) is 30.6 Å². The molecule has 0 atom stereocenters. The smallest absolute Gasteiger partial charge is 0.223 e. The predicted octanol–water partition coefficient (Wildman–Crippen LogP) is 8.46. The maximum Gasteiger partial charge on any atom is 0.223 e. The number of likely N-dealkylation sites (tertiary alicyclic amines) is 1. The first-order chi connectivity index (χ1) is 19.0. The molecule has 0 aromatic rings. The average molecular weight is 550 g/mol. The van der Waals surface area contributed by atoms with Gasteiger partial charge in [-0.25, -0.2) is 0 Å². The zero-order chi connectivity index (χ0) is 28.6. The number of carbonyl (C=O) groups excluding carboxylic acids is 2. The highest BCUT2D eigenvalue weighted by Gasteiger charge is 2.17. The Morgan fingerprint density at radius 3 is 1.82 bits per heavy atom. The van der Waals surface area contributed by atoms with Crippen molar-refractivity contribution in [1.29, 1.82) is 0 Å². The van der Waals surface area contributed by atoms with E-state index in [1.807, 2.05) is 11.9 Å². The first kappa shape index (κ1) is 35.9. The van der Waals surface area contributed by atoms with Crippen LogP contribution in [0.3, 0.4) is 0 Å². The van der Waals surface area contributed by atoms with Gasteiger partial charge in [0.05, 0.1) is 0 Å². The number of hydrogen-bond acceptors (Lipinski definition) is 3. The van der Waals surface area contributed by atoms with Crippen LogP contribution in [0.2, 0.25) is 0 Å². The second-order valence-corrected chi connectivity index (χ2v) is 12.4. The Bertz CT molecular complexity index is 581. The van der Waals surface area contributed by atoms with Gasteiger partial charge in [-0.05, 0) is 64.0 Å². The molecule has 5 nitrogen and oxygen atoms in total. The highest BCUT2D eigenvalue weighted by atomic mass is 16.2. The van der Waals surface area contributed by atoms with Crippen LogP contribution >= 0.6 is 0 Å². The molecule has 0 unspecified atom stereocenters. The zero-order valence-electron chi connectivity index (χ0n) is 26.8. The van der Waals surface area contributed by atoms with Crippen molar-refractivity contribution in [3.8, 4) is 0 Å². The van der Waals surface area contributed by atoms with Crippen molar-refractivity contribution >= 4 is 11.8 Å². The standard InChI is InChI=1S/C34H67N3O2/c1-5-8-14-21-32(22-15-9-6-2)23-20-26-35(4)33(38)24-16-12-11-13-17-30-37(29-10-7-3)34(39)25-31-36-27-18-19-28-36/h32H,5-31H2,1-4H3. The fraction of sp³-hybridized carbons (Fsp3) is 0.941. The summed E-state index contributed by atoms with van der Waals surface area (Å²) in [5, 5.41) is 0. The van der Waals surface area contributed by atoms with Crippen molar-refractivity contribution in [3.63, 3.8) is 0 Å². The second kappa shape index (κ2) is 24.7. The highest BCUT2D eigenvalue weighted by Crippen LogP contribution is 2.22. The maximum absolute atomic E-state index is 12.8. The summed E-state index contributed by atoms with van der Waals surface area (Å²) in [7, 11) is 2.00. The molecule has 5 heteroatoms. The molecule has 1 aliphatic heterocycles. The molecule has 1 fully saturated rings. The molecule has 230 valence electrons. The summed E-state index contributed by atoms with van der Waals surface area (Å²) in [4.78, 5) is 32.0. The molecular formula is C34H67N3O2. The lowest BCUT2D eigenvalue weighted by molar-refractivity contribution is -0.132. The molecule has 1 heterocycles. The number of nitrogens with zero attached hydrogens (tertiary/aromatic N) is 3. The van der Waals surface area contributed by atoms with Gasteiger partial charge >= 0.3 is 0 Å². The fourth-order valence-electron chi connectivity index (χ4n) is 5.97. The number of hydrogen-bond donors (Lipinski definition) is 0. The van der Waals surface area contributed by atoms with Crippen LogP contribution in [0, 0.1) is 5.92 Å². The van der Waals surface area contributed by atoms with Gasteiger partial charge in [-0.3, -0.25) is 9.59 Å². The Labute approximate surface area is 243 Å². The topological polar surface area (TPSA) is 43.9 Å². The van der Waals surface area contributed by atoms with E-state index in [1.54, 1.807) is 0 Å². The molecule has 0 aromatic carbocycles. The van der Waals surface area contributed by atoms with Gasteiger partial charge in [0.1, 0.15) is 0 Å². The Balaban J connectivity index is 2.16. The van der Waals surface area contributed by atoms with Gasteiger partial charge in [-0.2, -0.15) is 0 Å². The Hall–Kier alpha value is -1.10. The lowest BCUT2D eigenvalue weighted by atomic mass is 9.91. The fourth-order valence-corrected chi connectivity index (χ4v) is 5.97. The van der Waals surface area contributed by atoms with E-state index in [-0.39, 0.29) is 0 Å². The molecule has 1 aliphatic rings. The van der Waals surface area contributed by atoms with Crippen molar-refractivity contribution in [2.24, 2.45) is 5.92 Å². The monoisotopic (exact) mass is 550 g/mol. The molecular weight excluding hydrogens is 482 g/mol. The molecule has 0 aliphatic carbocycles. The molecule has 0 spiro atoms. The number of amides is 2. The first-order valence-corrected chi connectivity index (χ1v) is 17.3. The summed E-state index contributed by atoms with van der Waals surface area (Å²) in [5.74, 6) is 1.51. The summed E-state index contributed by atoms with van der Waals surface area (Å²) in [6.07, 6.45) is 24.9. The summed E-state index contributed by atoms with van der Waals surface area (Å²) in [6.45, 7) is 12.8. The van der Waals surface area contributed by atoms with E-state index >= 15 is 0 Å². The van der Waals surface area contributed by atoms with Crippen LogP contribution < -0.4 is 0 Å². The minimum absolute atomic E-state index is 0.317. The van der Waals surface area contributed by atoms with E-state index < -0.39 is 0 Å². The normalized spacial score (nSPS) is 13.9. The van der Waals surface area contributed by atoms with Crippen LogP contribution in [0.4, 0.5) is 0 Å². The minimum atomic E-state index is 0.317. The maximum atomic E-state index is 12.8. The lowest BCUT2D eigenvalue weighted by Crippen LogP contribution is -2.35. The molecule has 0 saturated carbocycles. The van der Waals surface area contributed by atoms with Gasteiger partial charge in [-0.1, -0.05) is 97.8 Å². The molecule has 0 N–H and O–H groups in total. The summed E-state index contributed by atoms with van der Waals surface area (Å²) < 4.78 is 0. The average Bonchev–Trinajstić information content (AvgIpc) is 3.46. The van der Waals surface area contributed by atoms with Crippen molar-refractivity contribution in [2.75, 3.05) is 46.3 Å². The minimum Gasteiger partial charge on any atom is -0.346 e. The van der Waals surface area contributed by atoms with Crippen LogP contribution in [-0.2, 0) is 9.59 Å². The molecule has 0 aromatic heterocycles. The number of rotatable bonds is 26. The lowest BCUT2D eigenvalue weighted by Gasteiger charge is -2.24. The van der Waals surface area contributed by atoms with Crippen molar-refractivity contribution in [2.45, 2.75) is 156 Å². The third-order valence-corrected chi connectivity index (χ3v) is 8.76. The summed E-state index contributed by atoms with van der Waals surface area (Å²) in [5.41, 5.74) is 0. The molecule has 1 rings (SSSR count). The molecule has 1 saturated heterocycles. The van der Waals surface area contributed by atoms with Crippen LogP contribution in [0.25, 0.3) is 0 Å². The summed E-state index contributed by atoms with van der Waals surface area (Å²) >= 11 is 0. The van der Waals surface area contributed by atoms with E-state index in [4.69, 9.17) is 0 Å².